The Morgan fingerprint density at radius 3 is 2.81 bits per heavy atom. The smallest absolute Gasteiger partial charge is 0.273 e. The predicted octanol–water partition coefficient (Wildman–Crippen LogP) is 1.22. The average molecular weight is 381 g/mol. The fourth-order valence-corrected chi connectivity index (χ4v) is 4.41. The monoisotopic (exact) mass is 380 g/mol. The SMILES string of the molecule is COCCNC(=O)[C@@H]1CCCN(C2CCN(C(=O)c3cscn3)CC2)C1. The van der Waals surface area contributed by atoms with Crippen LogP contribution in [-0.2, 0) is 9.53 Å². The standard InChI is InChI=1S/C18H28N4O3S/c1-25-10-6-19-17(23)14-3-2-7-22(11-14)15-4-8-21(9-5-15)18(24)16-12-26-13-20-16/h12-15H,2-11H2,1H3,(H,19,23)/t14-/m1/s1. The first-order valence-electron chi connectivity index (χ1n) is 9.37. The molecule has 3 heterocycles. The molecule has 0 aliphatic carbocycles. The Labute approximate surface area is 158 Å². The van der Waals surface area contributed by atoms with Crippen LogP contribution in [0.3, 0.4) is 0 Å². The molecule has 0 spiro atoms. The molecule has 0 radical (unpaired) electrons. The van der Waals surface area contributed by atoms with E-state index in [0.29, 0.717) is 24.9 Å². The molecule has 7 nitrogen and oxygen atoms in total. The van der Waals surface area contributed by atoms with E-state index in [1.54, 1.807) is 12.6 Å². The number of ether oxygens (including phenoxy) is 1. The molecule has 0 bridgehead atoms. The Bertz CT molecular complexity index is 587. The van der Waals surface area contributed by atoms with Crippen LogP contribution in [0.15, 0.2) is 10.9 Å². The molecule has 1 aromatic rings. The molecule has 0 saturated carbocycles. The summed E-state index contributed by atoms with van der Waals surface area (Å²) in [5.41, 5.74) is 2.25. The Morgan fingerprint density at radius 1 is 1.31 bits per heavy atom. The zero-order chi connectivity index (χ0) is 18.4. The van der Waals surface area contributed by atoms with E-state index in [0.717, 1.165) is 51.9 Å². The Kier molecular flexibility index (Phi) is 6.99. The average Bonchev–Trinajstić information content (AvgIpc) is 3.22. The highest BCUT2D eigenvalue weighted by Gasteiger charge is 2.32. The van der Waals surface area contributed by atoms with Crippen LogP contribution < -0.4 is 5.32 Å². The van der Waals surface area contributed by atoms with Crippen LogP contribution >= 0.6 is 11.3 Å². The second-order valence-electron chi connectivity index (χ2n) is 7.01. The van der Waals surface area contributed by atoms with Crippen LogP contribution in [0.5, 0.6) is 0 Å². The van der Waals surface area contributed by atoms with E-state index in [1.165, 1.54) is 11.3 Å². The Hall–Kier alpha value is -1.51. The van der Waals surface area contributed by atoms with Gasteiger partial charge in [0.25, 0.3) is 5.91 Å². The van der Waals surface area contributed by atoms with Gasteiger partial charge in [0, 0.05) is 44.7 Å². The normalized spacial score (nSPS) is 22.3. The number of likely N-dealkylation sites (tertiary alicyclic amines) is 2. The maximum absolute atomic E-state index is 12.4. The third-order valence-electron chi connectivity index (χ3n) is 5.35. The van der Waals surface area contributed by atoms with E-state index >= 15 is 0 Å². The van der Waals surface area contributed by atoms with Crippen molar-refractivity contribution in [2.24, 2.45) is 5.92 Å². The van der Waals surface area contributed by atoms with Gasteiger partial charge in [0.05, 0.1) is 18.0 Å². The second kappa shape index (κ2) is 9.43. The van der Waals surface area contributed by atoms with Crippen molar-refractivity contribution in [3.05, 3.63) is 16.6 Å². The van der Waals surface area contributed by atoms with Gasteiger partial charge in [0.2, 0.25) is 5.91 Å². The molecule has 1 N–H and O–H groups in total. The quantitative estimate of drug-likeness (QED) is 0.751. The highest BCUT2D eigenvalue weighted by molar-refractivity contribution is 7.07. The lowest BCUT2D eigenvalue weighted by Gasteiger charge is -2.41. The van der Waals surface area contributed by atoms with Gasteiger partial charge in [-0.2, -0.15) is 0 Å². The number of piperidine rings is 2. The summed E-state index contributed by atoms with van der Waals surface area (Å²) >= 11 is 1.45. The van der Waals surface area contributed by atoms with Crippen molar-refractivity contribution in [2.45, 2.75) is 31.7 Å². The fourth-order valence-electron chi connectivity index (χ4n) is 3.89. The number of amides is 2. The van der Waals surface area contributed by atoms with Crippen LogP contribution in [0.1, 0.15) is 36.2 Å². The van der Waals surface area contributed by atoms with E-state index in [-0.39, 0.29) is 17.7 Å². The van der Waals surface area contributed by atoms with Gasteiger partial charge in [0.1, 0.15) is 5.69 Å². The van der Waals surface area contributed by atoms with E-state index in [2.05, 4.69) is 15.2 Å². The summed E-state index contributed by atoms with van der Waals surface area (Å²) in [5.74, 6) is 0.247. The van der Waals surface area contributed by atoms with Crippen molar-refractivity contribution < 1.29 is 14.3 Å². The molecule has 0 aromatic carbocycles. The van der Waals surface area contributed by atoms with Gasteiger partial charge < -0.3 is 15.0 Å². The molecule has 2 aliphatic rings. The van der Waals surface area contributed by atoms with Gasteiger partial charge in [-0.1, -0.05) is 0 Å². The summed E-state index contributed by atoms with van der Waals surface area (Å²) in [6.45, 7) is 4.52. The lowest BCUT2D eigenvalue weighted by atomic mass is 9.93. The topological polar surface area (TPSA) is 74.8 Å². The highest BCUT2D eigenvalue weighted by atomic mass is 32.1. The van der Waals surface area contributed by atoms with Crippen molar-refractivity contribution in [3.63, 3.8) is 0 Å². The minimum absolute atomic E-state index is 0.0405. The number of carbonyl (C=O) groups is 2. The minimum Gasteiger partial charge on any atom is -0.383 e. The molecule has 1 atom stereocenters. The first kappa shape index (κ1) is 19.3. The van der Waals surface area contributed by atoms with Crippen molar-refractivity contribution in [1.29, 1.82) is 0 Å². The van der Waals surface area contributed by atoms with E-state index in [9.17, 15) is 9.59 Å². The zero-order valence-electron chi connectivity index (χ0n) is 15.4. The summed E-state index contributed by atoms with van der Waals surface area (Å²) in [6.07, 6.45) is 3.94. The zero-order valence-corrected chi connectivity index (χ0v) is 16.2. The maximum Gasteiger partial charge on any atom is 0.273 e. The molecule has 144 valence electrons. The van der Waals surface area contributed by atoms with Crippen LogP contribution in [0.4, 0.5) is 0 Å². The highest BCUT2D eigenvalue weighted by Crippen LogP contribution is 2.24. The summed E-state index contributed by atoms with van der Waals surface area (Å²) < 4.78 is 4.99. The molecule has 2 fully saturated rings. The maximum atomic E-state index is 12.4. The van der Waals surface area contributed by atoms with Crippen molar-refractivity contribution >= 4 is 23.2 Å². The summed E-state index contributed by atoms with van der Waals surface area (Å²) in [5, 5.41) is 4.78. The first-order chi connectivity index (χ1) is 12.7. The molecular formula is C18H28N4O3S. The van der Waals surface area contributed by atoms with Crippen LogP contribution in [0.25, 0.3) is 0 Å². The molecule has 26 heavy (non-hydrogen) atoms. The molecule has 2 amide bonds. The molecule has 1 aromatic heterocycles. The van der Waals surface area contributed by atoms with Gasteiger partial charge >= 0.3 is 0 Å². The lowest BCUT2D eigenvalue weighted by molar-refractivity contribution is -0.127. The molecular weight excluding hydrogens is 352 g/mol. The Morgan fingerprint density at radius 2 is 2.12 bits per heavy atom. The van der Waals surface area contributed by atoms with Gasteiger partial charge in [-0.15, -0.1) is 11.3 Å². The van der Waals surface area contributed by atoms with E-state index in [1.807, 2.05) is 10.3 Å². The number of methoxy groups -OCH3 is 1. The van der Waals surface area contributed by atoms with Crippen LogP contribution in [-0.4, -0.2) is 79.1 Å². The molecule has 8 heteroatoms. The van der Waals surface area contributed by atoms with E-state index in [4.69, 9.17) is 4.74 Å². The third-order valence-corrected chi connectivity index (χ3v) is 5.94. The van der Waals surface area contributed by atoms with Gasteiger partial charge in [-0.3, -0.25) is 14.5 Å². The predicted molar refractivity (Wildman–Crippen MR) is 100 cm³/mol. The number of nitrogens with zero attached hydrogens (tertiary/aromatic N) is 3. The van der Waals surface area contributed by atoms with Crippen molar-refractivity contribution in [2.75, 3.05) is 46.4 Å². The molecule has 2 aliphatic heterocycles. The third kappa shape index (κ3) is 4.81. The number of thiazole rings is 1. The Balaban J connectivity index is 1.46. The van der Waals surface area contributed by atoms with E-state index < -0.39 is 0 Å². The lowest BCUT2D eigenvalue weighted by Crippen LogP contribution is -2.51. The van der Waals surface area contributed by atoms with Crippen molar-refractivity contribution in [3.8, 4) is 0 Å². The fraction of sp³-hybridized carbons (Fsp3) is 0.722. The largest absolute Gasteiger partial charge is 0.383 e. The molecule has 2 saturated heterocycles. The summed E-state index contributed by atoms with van der Waals surface area (Å²) in [7, 11) is 1.64. The first-order valence-corrected chi connectivity index (χ1v) is 10.3. The number of hydrogen-bond acceptors (Lipinski definition) is 6. The van der Waals surface area contributed by atoms with Gasteiger partial charge in [-0.25, -0.2) is 4.98 Å². The van der Waals surface area contributed by atoms with Crippen molar-refractivity contribution in [1.82, 2.24) is 20.1 Å². The second-order valence-corrected chi connectivity index (χ2v) is 7.73. The van der Waals surface area contributed by atoms with Crippen LogP contribution in [0, 0.1) is 5.92 Å². The molecule has 0 unspecified atom stereocenters. The minimum atomic E-state index is 0.0405. The number of rotatable bonds is 6. The van der Waals surface area contributed by atoms with Crippen LogP contribution in [0.2, 0.25) is 0 Å². The number of aromatic nitrogens is 1. The molecule has 3 rings (SSSR count). The van der Waals surface area contributed by atoms with Gasteiger partial charge in [-0.05, 0) is 32.2 Å². The van der Waals surface area contributed by atoms with Gasteiger partial charge in [0.15, 0.2) is 0 Å². The number of carbonyl (C=O) groups excluding carboxylic acids is 2. The summed E-state index contributed by atoms with van der Waals surface area (Å²) in [4.78, 5) is 33.2. The number of hydrogen-bond donors (Lipinski definition) is 1. The summed E-state index contributed by atoms with van der Waals surface area (Å²) in [6, 6.07) is 0.462. The number of nitrogens with one attached hydrogen (secondary N) is 1.